The van der Waals surface area contributed by atoms with Crippen molar-refractivity contribution in [3.63, 3.8) is 0 Å². The predicted octanol–water partition coefficient (Wildman–Crippen LogP) is 2.46. The Balaban J connectivity index is 4.04. The lowest BCUT2D eigenvalue weighted by atomic mass is 10.1. The summed E-state index contributed by atoms with van der Waals surface area (Å²) in [6, 6.07) is 0. The van der Waals surface area contributed by atoms with Gasteiger partial charge in [0.2, 0.25) is 0 Å². The van der Waals surface area contributed by atoms with E-state index in [-0.39, 0.29) is 12.5 Å². The average Bonchev–Trinajstić information content (AvgIpc) is 2.10. The first-order chi connectivity index (χ1) is 6.41. The Morgan fingerprint density at radius 2 is 2.21 bits per heavy atom. The first-order valence-corrected chi connectivity index (χ1v) is 4.01. The van der Waals surface area contributed by atoms with Crippen molar-refractivity contribution in [2.24, 2.45) is 5.92 Å². The van der Waals surface area contributed by atoms with E-state index in [0.717, 1.165) is 0 Å². The lowest BCUT2D eigenvalue weighted by Gasteiger charge is -2.11. The monoisotopic (exact) mass is 208 g/mol. The van der Waals surface area contributed by atoms with E-state index in [2.05, 4.69) is 17.0 Å². The number of hydrogen-bond acceptors (Lipinski definition) is 2. The lowest BCUT2D eigenvalue weighted by Crippen LogP contribution is -2.27. The standard InChI is InChI=1S/C9H11F3O2/c1-3-5-7(4-2)6-14-8(13)9(10,11)12/h5,7H,1,4,6H2,2H3. The Kier molecular flexibility index (Phi) is 5.02. The number of alkyl halides is 3. The van der Waals surface area contributed by atoms with Crippen molar-refractivity contribution in [1.82, 2.24) is 0 Å². The Hall–Kier alpha value is -1.22. The summed E-state index contributed by atoms with van der Waals surface area (Å²) in [7, 11) is 0. The third-order valence-electron chi connectivity index (χ3n) is 1.54. The second kappa shape index (κ2) is 5.50. The van der Waals surface area contributed by atoms with Gasteiger partial charge in [-0.3, -0.25) is 0 Å². The summed E-state index contributed by atoms with van der Waals surface area (Å²) in [6.45, 7) is 4.75. The summed E-state index contributed by atoms with van der Waals surface area (Å²) in [4.78, 5) is 10.3. The van der Waals surface area contributed by atoms with Gasteiger partial charge in [0.25, 0.3) is 0 Å². The van der Waals surface area contributed by atoms with Crippen LogP contribution in [0.5, 0.6) is 0 Å². The van der Waals surface area contributed by atoms with Crippen molar-refractivity contribution in [3.05, 3.63) is 18.4 Å². The molecule has 0 radical (unpaired) electrons. The van der Waals surface area contributed by atoms with Crippen molar-refractivity contribution in [1.29, 1.82) is 0 Å². The molecule has 1 atom stereocenters. The fourth-order valence-electron chi connectivity index (χ4n) is 0.715. The molecule has 2 nitrogen and oxygen atoms in total. The predicted molar refractivity (Wildman–Crippen MR) is 44.5 cm³/mol. The maximum atomic E-state index is 11.7. The van der Waals surface area contributed by atoms with Crippen LogP contribution in [0, 0.1) is 5.92 Å². The van der Waals surface area contributed by atoms with Crippen molar-refractivity contribution in [2.45, 2.75) is 19.5 Å². The van der Waals surface area contributed by atoms with Crippen LogP contribution in [0.25, 0.3) is 0 Å². The maximum absolute atomic E-state index is 11.7. The van der Waals surface area contributed by atoms with E-state index < -0.39 is 12.1 Å². The van der Waals surface area contributed by atoms with Crippen LogP contribution in [0.15, 0.2) is 18.4 Å². The van der Waals surface area contributed by atoms with Gasteiger partial charge in [-0.15, -0.1) is 5.73 Å². The average molecular weight is 208 g/mol. The van der Waals surface area contributed by atoms with E-state index in [4.69, 9.17) is 0 Å². The third-order valence-corrected chi connectivity index (χ3v) is 1.54. The highest BCUT2D eigenvalue weighted by atomic mass is 19.4. The van der Waals surface area contributed by atoms with Gasteiger partial charge in [-0.05, 0) is 12.5 Å². The van der Waals surface area contributed by atoms with E-state index in [9.17, 15) is 18.0 Å². The van der Waals surface area contributed by atoms with Crippen molar-refractivity contribution in [3.8, 4) is 0 Å². The first-order valence-electron chi connectivity index (χ1n) is 4.01. The van der Waals surface area contributed by atoms with Crippen LogP contribution in [0.4, 0.5) is 13.2 Å². The van der Waals surface area contributed by atoms with E-state index in [1.165, 1.54) is 6.08 Å². The van der Waals surface area contributed by atoms with Crippen LogP contribution in [-0.2, 0) is 9.53 Å². The Morgan fingerprint density at radius 3 is 2.57 bits per heavy atom. The number of carbonyl (C=O) groups excluding carboxylic acids is 1. The summed E-state index contributed by atoms with van der Waals surface area (Å²) in [5.41, 5.74) is 2.43. The van der Waals surface area contributed by atoms with Gasteiger partial charge in [-0.1, -0.05) is 13.5 Å². The molecule has 0 aliphatic rings. The number of hydrogen-bond donors (Lipinski definition) is 0. The molecule has 0 saturated heterocycles. The van der Waals surface area contributed by atoms with Gasteiger partial charge in [-0.25, -0.2) is 4.79 Å². The molecule has 0 aromatic heterocycles. The number of rotatable bonds is 4. The zero-order valence-electron chi connectivity index (χ0n) is 7.73. The molecule has 0 saturated carbocycles. The van der Waals surface area contributed by atoms with Crippen LogP contribution in [0.2, 0.25) is 0 Å². The summed E-state index contributed by atoms with van der Waals surface area (Å²) in [5.74, 6) is -2.42. The minimum Gasteiger partial charge on any atom is -0.458 e. The molecule has 0 rings (SSSR count). The molecule has 14 heavy (non-hydrogen) atoms. The molecular formula is C9H11F3O2. The van der Waals surface area contributed by atoms with Crippen molar-refractivity contribution >= 4 is 5.97 Å². The summed E-state index contributed by atoms with van der Waals surface area (Å²) in [5, 5.41) is 0. The molecule has 5 heteroatoms. The highest BCUT2D eigenvalue weighted by molar-refractivity contribution is 5.75. The van der Waals surface area contributed by atoms with Crippen LogP contribution in [-0.4, -0.2) is 18.8 Å². The van der Waals surface area contributed by atoms with Gasteiger partial charge in [0.1, 0.15) is 0 Å². The molecule has 0 aromatic carbocycles. The quantitative estimate of drug-likeness (QED) is 0.524. The van der Waals surface area contributed by atoms with Crippen LogP contribution < -0.4 is 0 Å². The van der Waals surface area contributed by atoms with Gasteiger partial charge in [0, 0.05) is 5.92 Å². The van der Waals surface area contributed by atoms with Gasteiger partial charge in [-0.2, -0.15) is 13.2 Å². The molecule has 80 valence electrons. The topological polar surface area (TPSA) is 26.3 Å². The second-order valence-electron chi connectivity index (χ2n) is 2.64. The number of halogens is 3. The Labute approximate surface area is 80.1 Å². The van der Waals surface area contributed by atoms with Gasteiger partial charge >= 0.3 is 12.1 Å². The molecule has 0 bridgehead atoms. The zero-order chi connectivity index (χ0) is 11.2. The molecule has 1 unspecified atom stereocenters. The van der Waals surface area contributed by atoms with Gasteiger partial charge in [0.05, 0.1) is 6.61 Å². The number of carbonyl (C=O) groups is 1. The summed E-state index contributed by atoms with van der Waals surface area (Å²) < 4.78 is 39.1. The Bertz CT molecular complexity index is 239. The third kappa shape index (κ3) is 4.72. The summed E-state index contributed by atoms with van der Waals surface area (Å²) in [6.07, 6.45) is -2.88. The smallest absolute Gasteiger partial charge is 0.458 e. The van der Waals surface area contributed by atoms with Crippen LogP contribution in [0.3, 0.4) is 0 Å². The van der Waals surface area contributed by atoms with Crippen LogP contribution in [0.1, 0.15) is 13.3 Å². The normalized spacial score (nSPS) is 12.9. The maximum Gasteiger partial charge on any atom is 0.490 e. The molecule has 0 aromatic rings. The van der Waals surface area contributed by atoms with Crippen LogP contribution >= 0.6 is 0 Å². The fourth-order valence-corrected chi connectivity index (χ4v) is 0.715. The first kappa shape index (κ1) is 12.8. The van der Waals surface area contributed by atoms with E-state index in [1.54, 1.807) is 6.92 Å². The zero-order valence-corrected chi connectivity index (χ0v) is 7.73. The highest BCUT2D eigenvalue weighted by Gasteiger charge is 2.41. The van der Waals surface area contributed by atoms with Crippen molar-refractivity contribution < 1.29 is 22.7 Å². The minimum absolute atomic E-state index is 0.265. The summed E-state index contributed by atoms with van der Waals surface area (Å²) >= 11 is 0. The molecule has 0 spiro atoms. The van der Waals surface area contributed by atoms with Gasteiger partial charge < -0.3 is 4.74 Å². The molecule has 0 heterocycles. The van der Waals surface area contributed by atoms with Crippen molar-refractivity contribution in [2.75, 3.05) is 6.61 Å². The molecule has 0 amide bonds. The molecular weight excluding hydrogens is 197 g/mol. The van der Waals surface area contributed by atoms with Gasteiger partial charge in [0.15, 0.2) is 0 Å². The lowest BCUT2D eigenvalue weighted by molar-refractivity contribution is -0.200. The molecule has 0 aliphatic carbocycles. The SMILES string of the molecule is C=C=CC(CC)COC(=O)C(F)(F)F. The number of esters is 1. The highest BCUT2D eigenvalue weighted by Crippen LogP contribution is 2.17. The minimum atomic E-state index is -4.92. The number of ether oxygens (including phenoxy) is 1. The molecule has 0 aliphatic heterocycles. The fraction of sp³-hybridized carbons (Fsp3) is 0.556. The molecule has 0 N–H and O–H groups in total. The second-order valence-corrected chi connectivity index (χ2v) is 2.64. The largest absolute Gasteiger partial charge is 0.490 e. The molecule has 0 fully saturated rings. The Morgan fingerprint density at radius 1 is 1.64 bits per heavy atom. The van der Waals surface area contributed by atoms with E-state index in [0.29, 0.717) is 6.42 Å². The van der Waals surface area contributed by atoms with E-state index >= 15 is 0 Å². The van der Waals surface area contributed by atoms with E-state index in [1.807, 2.05) is 0 Å².